The molecule has 0 spiro atoms. The molecule has 2 heterocycles. The summed E-state index contributed by atoms with van der Waals surface area (Å²) < 4.78 is 0. The van der Waals surface area contributed by atoms with Gasteiger partial charge in [0.05, 0.1) is 0 Å². The summed E-state index contributed by atoms with van der Waals surface area (Å²) in [5.74, 6) is -0.0665. The van der Waals surface area contributed by atoms with E-state index in [1.54, 1.807) is 20.3 Å². The Balaban J connectivity index is 1.86. The monoisotopic (exact) mass is 262 g/mol. The predicted molar refractivity (Wildman–Crippen MR) is 76.4 cm³/mol. The zero-order valence-corrected chi connectivity index (χ0v) is 11.7. The van der Waals surface area contributed by atoms with Crippen molar-refractivity contribution in [3.05, 3.63) is 24.0 Å². The number of hydrogen-bond donors (Lipinski definition) is 1. The van der Waals surface area contributed by atoms with Crippen LogP contribution in [0.4, 0.5) is 5.69 Å². The maximum absolute atomic E-state index is 11.8. The molecular formula is C14H22N4O. The summed E-state index contributed by atoms with van der Waals surface area (Å²) in [4.78, 5) is 19.9. The van der Waals surface area contributed by atoms with E-state index >= 15 is 0 Å². The van der Waals surface area contributed by atoms with Crippen LogP contribution < -0.4 is 5.32 Å². The lowest BCUT2D eigenvalue weighted by Gasteiger charge is -2.15. The molecule has 0 unspecified atom stereocenters. The van der Waals surface area contributed by atoms with E-state index < -0.39 is 0 Å². The zero-order chi connectivity index (χ0) is 13.7. The summed E-state index contributed by atoms with van der Waals surface area (Å²) in [6.45, 7) is 4.38. The molecule has 1 fully saturated rings. The predicted octanol–water partition coefficient (Wildman–Crippen LogP) is 1.29. The van der Waals surface area contributed by atoms with Crippen molar-refractivity contribution in [1.82, 2.24) is 14.8 Å². The molecule has 5 heteroatoms. The minimum Gasteiger partial charge on any atom is -0.384 e. The summed E-state index contributed by atoms with van der Waals surface area (Å²) in [7, 11) is 3.47. The molecule has 5 nitrogen and oxygen atoms in total. The fourth-order valence-corrected chi connectivity index (χ4v) is 2.25. The number of nitrogens with zero attached hydrogens (tertiary/aromatic N) is 3. The highest BCUT2D eigenvalue weighted by atomic mass is 16.2. The van der Waals surface area contributed by atoms with Gasteiger partial charge in [-0.3, -0.25) is 9.78 Å². The van der Waals surface area contributed by atoms with Gasteiger partial charge >= 0.3 is 0 Å². The molecule has 0 atom stereocenters. The average Bonchev–Trinajstić information content (AvgIpc) is 2.91. The van der Waals surface area contributed by atoms with Gasteiger partial charge < -0.3 is 15.1 Å². The smallest absolute Gasteiger partial charge is 0.272 e. The highest BCUT2D eigenvalue weighted by Gasteiger charge is 2.11. The number of pyridine rings is 1. The number of amides is 1. The Morgan fingerprint density at radius 2 is 2.16 bits per heavy atom. The second-order valence-electron chi connectivity index (χ2n) is 5.10. The first-order valence-electron chi connectivity index (χ1n) is 6.81. The van der Waals surface area contributed by atoms with Gasteiger partial charge in [-0.15, -0.1) is 0 Å². The van der Waals surface area contributed by atoms with Crippen molar-refractivity contribution < 1.29 is 4.79 Å². The van der Waals surface area contributed by atoms with Gasteiger partial charge in [-0.25, -0.2) is 0 Å². The van der Waals surface area contributed by atoms with Crippen molar-refractivity contribution in [2.24, 2.45) is 0 Å². The quantitative estimate of drug-likeness (QED) is 0.868. The van der Waals surface area contributed by atoms with Crippen molar-refractivity contribution in [3.63, 3.8) is 0 Å². The molecule has 0 radical (unpaired) electrons. The third-order valence-corrected chi connectivity index (χ3v) is 3.34. The number of carbonyl (C=O) groups excluding carboxylic acids is 1. The Morgan fingerprint density at radius 1 is 1.42 bits per heavy atom. The highest BCUT2D eigenvalue weighted by Crippen LogP contribution is 2.10. The molecule has 1 aromatic rings. The Labute approximate surface area is 114 Å². The second kappa shape index (κ2) is 6.52. The molecule has 2 rings (SSSR count). The fraction of sp³-hybridized carbons (Fsp3) is 0.571. The molecule has 0 aliphatic carbocycles. The van der Waals surface area contributed by atoms with Gasteiger partial charge in [-0.2, -0.15) is 0 Å². The molecule has 1 aliphatic heterocycles. The second-order valence-corrected chi connectivity index (χ2v) is 5.10. The Hall–Kier alpha value is -1.62. The van der Waals surface area contributed by atoms with Gasteiger partial charge in [-0.1, -0.05) is 0 Å². The molecular weight excluding hydrogens is 240 g/mol. The Bertz CT molecular complexity index is 427. The molecule has 1 saturated heterocycles. The van der Waals surface area contributed by atoms with Gasteiger partial charge in [0.25, 0.3) is 5.91 Å². The molecule has 1 aliphatic rings. The first-order valence-corrected chi connectivity index (χ1v) is 6.81. The number of carbonyl (C=O) groups is 1. The van der Waals surface area contributed by atoms with Crippen LogP contribution in [0.5, 0.6) is 0 Å². The molecule has 0 bridgehead atoms. The standard InChI is InChI=1S/C14H22N4O/c1-17(2)14(19)13-11-12(5-6-16-13)15-7-10-18-8-3-4-9-18/h5-6,11H,3-4,7-10H2,1-2H3,(H,15,16). The van der Waals surface area contributed by atoms with Crippen molar-refractivity contribution in [3.8, 4) is 0 Å². The van der Waals surface area contributed by atoms with Crippen LogP contribution in [-0.4, -0.2) is 61.0 Å². The van der Waals surface area contributed by atoms with Crippen molar-refractivity contribution in [1.29, 1.82) is 0 Å². The molecule has 19 heavy (non-hydrogen) atoms. The summed E-state index contributed by atoms with van der Waals surface area (Å²) in [5.41, 5.74) is 1.44. The summed E-state index contributed by atoms with van der Waals surface area (Å²) in [5, 5.41) is 3.35. The zero-order valence-electron chi connectivity index (χ0n) is 11.7. The van der Waals surface area contributed by atoms with E-state index in [2.05, 4.69) is 15.2 Å². The lowest BCUT2D eigenvalue weighted by Crippen LogP contribution is -2.26. The van der Waals surface area contributed by atoms with E-state index in [0.717, 1.165) is 18.8 Å². The van der Waals surface area contributed by atoms with Crippen molar-refractivity contribution >= 4 is 11.6 Å². The molecule has 0 aromatic carbocycles. The minimum absolute atomic E-state index is 0.0665. The number of nitrogens with one attached hydrogen (secondary N) is 1. The maximum Gasteiger partial charge on any atom is 0.272 e. The van der Waals surface area contributed by atoms with E-state index in [1.165, 1.54) is 30.8 Å². The maximum atomic E-state index is 11.8. The van der Waals surface area contributed by atoms with E-state index in [0.29, 0.717) is 5.69 Å². The fourth-order valence-electron chi connectivity index (χ4n) is 2.25. The van der Waals surface area contributed by atoms with E-state index in [-0.39, 0.29) is 5.91 Å². The van der Waals surface area contributed by atoms with Crippen LogP contribution >= 0.6 is 0 Å². The minimum atomic E-state index is -0.0665. The van der Waals surface area contributed by atoms with Gasteiger partial charge in [0.2, 0.25) is 0 Å². The van der Waals surface area contributed by atoms with E-state index in [4.69, 9.17) is 0 Å². The van der Waals surface area contributed by atoms with Crippen LogP contribution in [0.15, 0.2) is 18.3 Å². The number of likely N-dealkylation sites (tertiary alicyclic amines) is 1. The number of anilines is 1. The molecule has 1 aromatic heterocycles. The summed E-state index contributed by atoms with van der Waals surface area (Å²) in [6, 6.07) is 3.71. The van der Waals surface area contributed by atoms with E-state index in [1.807, 2.05) is 12.1 Å². The van der Waals surface area contributed by atoms with Crippen LogP contribution in [-0.2, 0) is 0 Å². The van der Waals surface area contributed by atoms with Gasteiger partial charge in [0.15, 0.2) is 0 Å². The van der Waals surface area contributed by atoms with Gasteiger partial charge in [-0.05, 0) is 38.1 Å². The van der Waals surface area contributed by atoms with Crippen LogP contribution in [0.25, 0.3) is 0 Å². The van der Waals surface area contributed by atoms with E-state index in [9.17, 15) is 4.79 Å². The van der Waals surface area contributed by atoms with Crippen molar-refractivity contribution in [2.45, 2.75) is 12.8 Å². The number of hydrogen-bond acceptors (Lipinski definition) is 4. The first kappa shape index (κ1) is 13.8. The number of aromatic nitrogens is 1. The topological polar surface area (TPSA) is 48.5 Å². The SMILES string of the molecule is CN(C)C(=O)c1cc(NCCN2CCCC2)ccn1. The van der Waals surface area contributed by atoms with Crippen LogP contribution in [0.1, 0.15) is 23.3 Å². The molecule has 1 amide bonds. The lowest BCUT2D eigenvalue weighted by molar-refractivity contribution is 0.0822. The average molecular weight is 262 g/mol. The number of rotatable bonds is 5. The molecule has 0 saturated carbocycles. The normalized spacial score (nSPS) is 15.5. The molecule has 104 valence electrons. The Kier molecular flexibility index (Phi) is 4.74. The van der Waals surface area contributed by atoms with Crippen LogP contribution in [0, 0.1) is 0 Å². The highest BCUT2D eigenvalue weighted by molar-refractivity contribution is 5.92. The summed E-state index contributed by atoms with van der Waals surface area (Å²) in [6.07, 6.45) is 4.31. The van der Waals surface area contributed by atoms with Gasteiger partial charge in [0.1, 0.15) is 5.69 Å². The van der Waals surface area contributed by atoms with Crippen LogP contribution in [0.2, 0.25) is 0 Å². The Morgan fingerprint density at radius 3 is 2.84 bits per heavy atom. The van der Waals surface area contributed by atoms with Gasteiger partial charge in [0, 0.05) is 39.1 Å². The lowest BCUT2D eigenvalue weighted by atomic mass is 10.3. The third kappa shape index (κ3) is 3.92. The largest absolute Gasteiger partial charge is 0.384 e. The summed E-state index contributed by atoms with van der Waals surface area (Å²) >= 11 is 0. The molecule has 1 N–H and O–H groups in total. The van der Waals surface area contributed by atoms with Crippen molar-refractivity contribution in [2.75, 3.05) is 45.6 Å². The third-order valence-electron chi connectivity index (χ3n) is 3.34. The van der Waals surface area contributed by atoms with Crippen LogP contribution in [0.3, 0.4) is 0 Å². The first-order chi connectivity index (χ1) is 9.16.